The first-order valence-corrected chi connectivity index (χ1v) is 4.40. The van der Waals surface area contributed by atoms with Crippen molar-refractivity contribution in [1.82, 2.24) is 14.7 Å². The van der Waals surface area contributed by atoms with E-state index in [0.29, 0.717) is 18.7 Å². The molecule has 0 unspecified atom stereocenters. The van der Waals surface area contributed by atoms with Crippen LogP contribution in [0, 0.1) is 12.3 Å². The molecule has 1 rings (SSSR count). The van der Waals surface area contributed by atoms with Gasteiger partial charge in [-0.3, -0.25) is 9.48 Å². The molecule has 1 heterocycles. The highest BCUT2D eigenvalue weighted by molar-refractivity contribution is 5.93. The molecule has 1 aromatic heterocycles. The summed E-state index contributed by atoms with van der Waals surface area (Å²) in [4.78, 5) is 13.4. The maximum Gasteiger partial charge on any atom is 0.257 e. The Morgan fingerprint density at radius 1 is 1.79 bits per heavy atom. The summed E-state index contributed by atoms with van der Waals surface area (Å²) in [5.74, 6) is 2.38. The van der Waals surface area contributed by atoms with E-state index in [1.165, 1.54) is 0 Å². The molecule has 1 aromatic rings. The Morgan fingerprint density at radius 3 is 2.93 bits per heavy atom. The van der Waals surface area contributed by atoms with Crippen LogP contribution in [0.15, 0.2) is 12.4 Å². The van der Waals surface area contributed by atoms with Gasteiger partial charge in [0.25, 0.3) is 5.91 Å². The third kappa shape index (κ3) is 2.13. The molecule has 1 amide bonds. The van der Waals surface area contributed by atoms with Crippen LogP contribution < -0.4 is 0 Å². The number of aryl methyl sites for hydroxylation is 1. The summed E-state index contributed by atoms with van der Waals surface area (Å²) >= 11 is 0. The predicted octanol–water partition coefficient (Wildman–Crippen LogP) is 0.515. The third-order valence-corrected chi connectivity index (χ3v) is 1.90. The van der Waals surface area contributed by atoms with Crippen molar-refractivity contribution in [2.45, 2.75) is 6.92 Å². The lowest BCUT2D eigenvalue weighted by Gasteiger charge is -2.16. The molecule has 4 nitrogen and oxygen atoms in total. The van der Waals surface area contributed by atoms with Crippen LogP contribution in [-0.4, -0.2) is 33.7 Å². The Labute approximate surface area is 83.5 Å². The zero-order valence-corrected chi connectivity index (χ0v) is 8.40. The standard InChI is InChI=1S/C10H13N3O/c1-4-6-13(5-2)10(14)9-7-11-12(3)8-9/h1,7-8H,5-6H2,2-3H3. The molecule has 0 N–H and O–H groups in total. The molecule has 0 radical (unpaired) electrons. The van der Waals surface area contributed by atoms with Crippen LogP contribution in [0.25, 0.3) is 0 Å². The molecule has 0 bridgehead atoms. The number of hydrogen-bond acceptors (Lipinski definition) is 2. The first-order valence-electron chi connectivity index (χ1n) is 4.40. The summed E-state index contributed by atoms with van der Waals surface area (Å²) in [6.07, 6.45) is 8.39. The lowest BCUT2D eigenvalue weighted by molar-refractivity contribution is 0.0785. The highest BCUT2D eigenvalue weighted by Gasteiger charge is 2.14. The summed E-state index contributed by atoms with van der Waals surface area (Å²) in [5.41, 5.74) is 0.574. The molecule has 0 aliphatic heterocycles. The van der Waals surface area contributed by atoms with Crippen molar-refractivity contribution in [2.24, 2.45) is 7.05 Å². The topological polar surface area (TPSA) is 38.1 Å². The van der Waals surface area contributed by atoms with Crippen LogP contribution >= 0.6 is 0 Å². The van der Waals surface area contributed by atoms with Crippen molar-refractivity contribution in [3.8, 4) is 12.3 Å². The number of hydrogen-bond donors (Lipinski definition) is 0. The summed E-state index contributed by atoms with van der Waals surface area (Å²) in [6, 6.07) is 0. The maximum atomic E-state index is 11.8. The molecular formula is C10H13N3O. The van der Waals surface area contributed by atoms with Crippen molar-refractivity contribution >= 4 is 5.91 Å². The Kier molecular flexibility index (Phi) is 3.29. The summed E-state index contributed by atoms with van der Waals surface area (Å²) in [6.45, 7) is 2.84. The fourth-order valence-corrected chi connectivity index (χ4v) is 1.15. The quantitative estimate of drug-likeness (QED) is 0.653. The second-order valence-corrected chi connectivity index (χ2v) is 2.93. The van der Waals surface area contributed by atoms with Gasteiger partial charge in [-0.05, 0) is 6.92 Å². The van der Waals surface area contributed by atoms with Crippen LogP contribution in [-0.2, 0) is 7.05 Å². The molecule has 74 valence electrons. The lowest BCUT2D eigenvalue weighted by atomic mass is 10.3. The first kappa shape index (κ1) is 10.3. The van der Waals surface area contributed by atoms with Gasteiger partial charge in [-0.25, -0.2) is 0 Å². The Bertz CT molecular complexity index is 362. The minimum Gasteiger partial charge on any atom is -0.328 e. The molecule has 0 fully saturated rings. The average Bonchev–Trinajstić information content (AvgIpc) is 2.60. The number of carbonyl (C=O) groups excluding carboxylic acids is 1. The van der Waals surface area contributed by atoms with Gasteiger partial charge in [0.1, 0.15) is 0 Å². The minimum atomic E-state index is -0.0708. The van der Waals surface area contributed by atoms with E-state index in [2.05, 4.69) is 11.0 Å². The molecular weight excluding hydrogens is 178 g/mol. The predicted molar refractivity (Wildman–Crippen MR) is 53.6 cm³/mol. The van der Waals surface area contributed by atoms with E-state index < -0.39 is 0 Å². The monoisotopic (exact) mass is 191 g/mol. The fraction of sp³-hybridized carbons (Fsp3) is 0.400. The van der Waals surface area contributed by atoms with Crippen molar-refractivity contribution in [3.05, 3.63) is 18.0 Å². The summed E-state index contributed by atoms with van der Waals surface area (Å²) in [5, 5.41) is 3.93. The zero-order chi connectivity index (χ0) is 10.6. The number of terminal acetylenes is 1. The molecule has 0 spiro atoms. The SMILES string of the molecule is C#CCN(CC)C(=O)c1cnn(C)c1. The van der Waals surface area contributed by atoms with Crippen LogP contribution in [0.1, 0.15) is 17.3 Å². The summed E-state index contributed by atoms with van der Waals surface area (Å²) in [7, 11) is 1.77. The lowest BCUT2D eigenvalue weighted by Crippen LogP contribution is -2.30. The molecule has 4 heteroatoms. The highest BCUT2D eigenvalue weighted by Crippen LogP contribution is 2.02. The average molecular weight is 191 g/mol. The van der Waals surface area contributed by atoms with Crippen LogP contribution in [0.5, 0.6) is 0 Å². The van der Waals surface area contributed by atoms with Crippen molar-refractivity contribution in [3.63, 3.8) is 0 Å². The number of aromatic nitrogens is 2. The van der Waals surface area contributed by atoms with Gasteiger partial charge >= 0.3 is 0 Å². The second kappa shape index (κ2) is 4.47. The van der Waals surface area contributed by atoms with E-state index in [9.17, 15) is 4.79 Å². The zero-order valence-electron chi connectivity index (χ0n) is 8.40. The van der Waals surface area contributed by atoms with Gasteiger partial charge in [-0.15, -0.1) is 6.42 Å². The number of amides is 1. The fourth-order valence-electron chi connectivity index (χ4n) is 1.15. The third-order valence-electron chi connectivity index (χ3n) is 1.90. The van der Waals surface area contributed by atoms with E-state index in [4.69, 9.17) is 6.42 Å². The number of nitrogens with zero attached hydrogens (tertiary/aromatic N) is 3. The molecule has 0 atom stereocenters. The Morgan fingerprint density at radius 2 is 2.50 bits per heavy atom. The van der Waals surface area contributed by atoms with E-state index in [0.717, 1.165) is 0 Å². The van der Waals surface area contributed by atoms with E-state index in [1.807, 2.05) is 6.92 Å². The molecule has 0 aliphatic rings. The molecule has 0 aliphatic carbocycles. The first-order chi connectivity index (χ1) is 6.69. The Balaban J connectivity index is 2.78. The van der Waals surface area contributed by atoms with Gasteiger partial charge in [0.15, 0.2) is 0 Å². The molecule has 0 saturated carbocycles. The molecule has 0 saturated heterocycles. The van der Waals surface area contributed by atoms with Gasteiger partial charge in [0.2, 0.25) is 0 Å². The van der Waals surface area contributed by atoms with Gasteiger partial charge in [0, 0.05) is 19.8 Å². The van der Waals surface area contributed by atoms with Gasteiger partial charge < -0.3 is 4.90 Å². The smallest absolute Gasteiger partial charge is 0.257 e. The highest BCUT2D eigenvalue weighted by atomic mass is 16.2. The van der Waals surface area contributed by atoms with Crippen molar-refractivity contribution in [2.75, 3.05) is 13.1 Å². The second-order valence-electron chi connectivity index (χ2n) is 2.93. The van der Waals surface area contributed by atoms with Crippen LogP contribution in [0.2, 0.25) is 0 Å². The van der Waals surface area contributed by atoms with Crippen molar-refractivity contribution in [1.29, 1.82) is 0 Å². The summed E-state index contributed by atoms with van der Waals surface area (Å²) < 4.78 is 1.59. The number of rotatable bonds is 3. The van der Waals surface area contributed by atoms with Gasteiger partial charge in [0.05, 0.1) is 18.3 Å². The molecule has 0 aromatic carbocycles. The normalized spacial score (nSPS) is 9.50. The number of carbonyl (C=O) groups is 1. The minimum absolute atomic E-state index is 0.0708. The van der Waals surface area contributed by atoms with E-state index >= 15 is 0 Å². The van der Waals surface area contributed by atoms with Gasteiger partial charge in [-0.2, -0.15) is 5.10 Å². The van der Waals surface area contributed by atoms with Crippen molar-refractivity contribution < 1.29 is 4.79 Å². The van der Waals surface area contributed by atoms with Gasteiger partial charge in [-0.1, -0.05) is 5.92 Å². The van der Waals surface area contributed by atoms with E-state index in [-0.39, 0.29) is 5.91 Å². The molecule has 14 heavy (non-hydrogen) atoms. The Hall–Kier alpha value is -1.76. The van der Waals surface area contributed by atoms with Crippen LogP contribution in [0.4, 0.5) is 0 Å². The van der Waals surface area contributed by atoms with E-state index in [1.54, 1.807) is 29.0 Å². The maximum absolute atomic E-state index is 11.8. The van der Waals surface area contributed by atoms with Crippen LogP contribution in [0.3, 0.4) is 0 Å². The largest absolute Gasteiger partial charge is 0.328 e.